The third-order valence-corrected chi connectivity index (χ3v) is 13.3. The zero-order valence-electron chi connectivity index (χ0n) is 35.3. The number of likely N-dealkylation sites (N-methyl/N-ethyl adjacent to an activating group) is 1. The number of ether oxygens (including phenoxy) is 2. The number of nitrogens with zero attached hydrogens (tertiary/aromatic N) is 12. The van der Waals surface area contributed by atoms with Crippen LogP contribution < -0.4 is 14.5 Å². The van der Waals surface area contributed by atoms with E-state index < -0.39 is 29.3 Å². The van der Waals surface area contributed by atoms with Gasteiger partial charge < -0.3 is 38.7 Å². The Morgan fingerprint density at radius 2 is 1.81 bits per heavy atom. The molecule has 6 bridgehead atoms. The lowest BCUT2D eigenvalue weighted by Gasteiger charge is -2.62. The molecule has 6 aromatic rings. The summed E-state index contributed by atoms with van der Waals surface area (Å²) in [6, 6.07) is 7.67. The van der Waals surface area contributed by atoms with E-state index in [4.69, 9.17) is 29.4 Å². The van der Waals surface area contributed by atoms with E-state index in [1.807, 2.05) is 40.0 Å². The number of halogens is 2. The highest BCUT2D eigenvalue weighted by molar-refractivity contribution is 5.97. The molecule has 5 fully saturated rings. The lowest BCUT2D eigenvalue weighted by Crippen LogP contribution is -2.79. The van der Waals surface area contributed by atoms with Crippen molar-refractivity contribution in [2.75, 3.05) is 49.7 Å². The van der Waals surface area contributed by atoms with Crippen LogP contribution in [0.1, 0.15) is 45.4 Å². The van der Waals surface area contributed by atoms with Gasteiger partial charge in [0, 0.05) is 82.0 Å². The number of phenolic OH excluding ortho intramolecular Hbond substituents is 1. The van der Waals surface area contributed by atoms with Gasteiger partial charge in [0.25, 0.3) is 0 Å². The Bertz CT molecular complexity index is 2850. The molecule has 2 amide bonds. The highest BCUT2D eigenvalue weighted by Gasteiger charge is 2.62. The molecule has 4 saturated heterocycles. The smallest absolute Gasteiger partial charge is 0.317 e. The molecule has 1 saturated carbocycles. The summed E-state index contributed by atoms with van der Waals surface area (Å²) in [4.78, 5) is 60.9. The molecule has 0 radical (unpaired) electrons. The van der Waals surface area contributed by atoms with Crippen LogP contribution in [0.3, 0.4) is 0 Å². The lowest BCUT2D eigenvalue weighted by molar-refractivity contribution is -0.147. The van der Waals surface area contributed by atoms with Gasteiger partial charge in [-0.1, -0.05) is 0 Å². The fourth-order valence-electron chi connectivity index (χ4n) is 10.3. The molecule has 17 nitrogen and oxygen atoms in total. The SMILES string of the molecule is CCOC[C@H]1CN(C)C(=O)[C@@H]2C[C@@H](CN2c2nc(N3[C@@H]4CN(C5CC5)C(=O)C3(C)C4)nc3c2cnn3-c2ccc(F)cc2O)Oc2nccc(n2)-c2cc(F)cc3nc(C)n(c23)C1. The van der Waals surface area contributed by atoms with Crippen LogP contribution in [0.4, 0.5) is 20.5 Å². The van der Waals surface area contributed by atoms with Gasteiger partial charge in [-0.3, -0.25) is 9.59 Å². The Hall–Kier alpha value is -6.50. The monoisotopic (exact) mass is 860 g/mol. The highest BCUT2D eigenvalue weighted by Crippen LogP contribution is 2.49. The number of rotatable bonds is 7. The van der Waals surface area contributed by atoms with Crippen LogP contribution >= 0.6 is 0 Å². The predicted molar refractivity (Wildman–Crippen MR) is 226 cm³/mol. The Balaban J connectivity index is 1.04. The summed E-state index contributed by atoms with van der Waals surface area (Å²) in [5, 5.41) is 16.1. The number of phenols is 1. The minimum Gasteiger partial charge on any atom is -0.506 e. The van der Waals surface area contributed by atoms with Crippen molar-refractivity contribution < 1.29 is 33.0 Å². The largest absolute Gasteiger partial charge is 0.506 e. The molecule has 5 aliphatic heterocycles. The van der Waals surface area contributed by atoms with Crippen LogP contribution in [0.5, 0.6) is 11.8 Å². The van der Waals surface area contributed by atoms with Gasteiger partial charge in [0.15, 0.2) is 5.65 Å². The Kier molecular flexibility index (Phi) is 9.08. The van der Waals surface area contributed by atoms with Gasteiger partial charge in [0.05, 0.1) is 47.5 Å². The van der Waals surface area contributed by atoms with Gasteiger partial charge in [-0.2, -0.15) is 20.1 Å². The molecule has 2 aromatic carbocycles. The van der Waals surface area contributed by atoms with Gasteiger partial charge in [0.2, 0.25) is 17.8 Å². The molecular weight excluding hydrogens is 815 g/mol. The van der Waals surface area contributed by atoms with Crippen LogP contribution in [0.2, 0.25) is 0 Å². The topological polar surface area (TPSA) is 173 Å². The number of carbonyl (C=O) groups is 2. The quantitative estimate of drug-likeness (QED) is 0.240. The first-order chi connectivity index (χ1) is 30.4. The maximum atomic E-state index is 15.3. The number of hydrogen-bond donors (Lipinski definition) is 1. The van der Waals surface area contributed by atoms with E-state index >= 15 is 9.18 Å². The van der Waals surface area contributed by atoms with Crippen molar-refractivity contribution in [1.82, 2.24) is 49.1 Å². The second-order valence-corrected chi connectivity index (χ2v) is 17.7. The van der Waals surface area contributed by atoms with Gasteiger partial charge in [-0.15, -0.1) is 0 Å². The standard InChI is InChI=1S/C44H46F2N12O5/c1-5-62-22-24-18-53(4)40(60)35-15-29(63-43-47-11-10-32(50-43)30-12-26(46)13-33-37(30)54(19-24)23(2)49-33)21-56(35)38-31-17-48-58(34-9-6-25(45)14-36(34)59)39(31)52-42(51-38)57-28-16-44(57,3)41(61)55(20-28)27-7-8-27/h6,9-14,17,24,27-29,35,59H,5,7-8,15-16,18-22H2,1-4H3/t24-,28-,29-,35-,44?/m0/s1. The number of aryl methyl sites for hydroxylation is 1. The number of fused-ring (bicyclic) bond motifs is 8. The van der Waals surface area contributed by atoms with E-state index in [-0.39, 0.29) is 66.2 Å². The third-order valence-electron chi connectivity index (χ3n) is 13.3. The lowest BCUT2D eigenvalue weighted by atomic mass is 9.75. The van der Waals surface area contributed by atoms with Gasteiger partial charge in [-0.25, -0.2) is 23.4 Å². The average molecular weight is 861 g/mol. The number of carbonyl (C=O) groups excluding carboxylic acids is 2. The molecule has 63 heavy (non-hydrogen) atoms. The molecule has 19 heteroatoms. The number of anilines is 2. The first-order valence-electron chi connectivity index (χ1n) is 21.5. The van der Waals surface area contributed by atoms with Crippen LogP contribution in [-0.2, 0) is 20.9 Å². The molecule has 6 aliphatic rings. The van der Waals surface area contributed by atoms with E-state index in [1.165, 1.54) is 28.9 Å². The molecule has 5 atom stereocenters. The fourth-order valence-corrected chi connectivity index (χ4v) is 10.3. The Labute approximate surface area is 360 Å². The molecular formula is C44H46F2N12O5. The summed E-state index contributed by atoms with van der Waals surface area (Å²) in [6.45, 7) is 7.99. The minimum absolute atomic E-state index is 0.0285. The summed E-state index contributed by atoms with van der Waals surface area (Å²) >= 11 is 0. The molecule has 1 N–H and O–H groups in total. The molecule has 1 aliphatic carbocycles. The number of piperazine rings is 1. The van der Waals surface area contributed by atoms with Gasteiger partial charge in [-0.05, 0) is 57.9 Å². The summed E-state index contributed by atoms with van der Waals surface area (Å²) in [5.41, 5.74) is 1.75. The number of piperidine rings is 1. The first-order valence-corrected chi connectivity index (χ1v) is 21.5. The van der Waals surface area contributed by atoms with E-state index in [1.54, 1.807) is 30.4 Å². The predicted octanol–water partition coefficient (Wildman–Crippen LogP) is 4.41. The normalized spacial score (nSPS) is 24.8. The van der Waals surface area contributed by atoms with Crippen molar-refractivity contribution >= 4 is 45.6 Å². The highest BCUT2D eigenvalue weighted by atomic mass is 19.1. The molecule has 0 spiro atoms. The first kappa shape index (κ1) is 39.4. The number of hydrogen-bond acceptors (Lipinski definition) is 13. The number of aromatic hydroxyl groups is 1. The zero-order valence-corrected chi connectivity index (χ0v) is 35.3. The molecule has 9 heterocycles. The van der Waals surface area contributed by atoms with Crippen molar-refractivity contribution in [3.8, 4) is 28.7 Å². The summed E-state index contributed by atoms with van der Waals surface area (Å²) in [7, 11) is 1.77. The van der Waals surface area contributed by atoms with Crippen molar-refractivity contribution in [2.45, 2.75) is 82.8 Å². The molecule has 326 valence electrons. The van der Waals surface area contributed by atoms with E-state index in [9.17, 15) is 14.3 Å². The number of imidazole rings is 1. The van der Waals surface area contributed by atoms with Crippen LogP contribution in [0, 0.1) is 24.5 Å². The number of benzene rings is 2. The maximum absolute atomic E-state index is 15.3. The summed E-state index contributed by atoms with van der Waals surface area (Å²) < 4.78 is 45.5. The Morgan fingerprint density at radius 3 is 2.60 bits per heavy atom. The fraction of sp³-hybridized carbons (Fsp3) is 0.455. The molecule has 1 unspecified atom stereocenters. The second-order valence-electron chi connectivity index (χ2n) is 17.7. The zero-order chi connectivity index (χ0) is 43.5. The van der Waals surface area contributed by atoms with Crippen LogP contribution in [-0.4, -0.2) is 136 Å². The van der Waals surface area contributed by atoms with Crippen molar-refractivity contribution in [3.63, 3.8) is 0 Å². The van der Waals surface area contributed by atoms with Crippen molar-refractivity contribution in [3.05, 3.63) is 66.3 Å². The molecule has 12 rings (SSSR count). The van der Waals surface area contributed by atoms with Gasteiger partial charge in [0.1, 0.15) is 52.4 Å². The summed E-state index contributed by atoms with van der Waals surface area (Å²) in [6.07, 6.45) is 5.36. The van der Waals surface area contributed by atoms with Gasteiger partial charge >= 0.3 is 6.01 Å². The number of aromatic nitrogens is 8. The average Bonchev–Trinajstić information content (AvgIpc) is 3.76. The number of amides is 2. The Morgan fingerprint density at radius 1 is 0.968 bits per heavy atom. The van der Waals surface area contributed by atoms with E-state index in [0.717, 1.165) is 18.9 Å². The summed E-state index contributed by atoms with van der Waals surface area (Å²) in [5.74, 6) is -0.456. The minimum atomic E-state index is -0.894. The van der Waals surface area contributed by atoms with E-state index in [0.29, 0.717) is 84.2 Å². The van der Waals surface area contributed by atoms with Crippen LogP contribution in [0.15, 0.2) is 48.8 Å². The van der Waals surface area contributed by atoms with Crippen molar-refractivity contribution in [1.29, 1.82) is 0 Å². The van der Waals surface area contributed by atoms with Crippen molar-refractivity contribution in [2.24, 2.45) is 5.92 Å². The molecule has 4 aromatic heterocycles. The second kappa shape index (κ2) is 14.5. The third kappa shape index (κ3) is 6.40. The maximum Gasteiger partial charge on any atom is 0.317 e. The van der Waals surface area contributed by atoms with Crippen LogP contribution in [0.25, 0.3) is 39.0 Å². The van der Waals surface area contributed by atoms with E-state index in [2.05, 4.69) is 10.1 Å².